The molecule has 0 bridgehead atoms. The van der Waals surface area contributed by atoms with Gasteiger partial charge in [-0.1, -0.05) is 18.2 Å². The SMILES string of the molecule is NC(CCCc1cccc2ncccc12)C(=O)O. The van der Waals surface area contributed by atoms with Crippen LogP contribution < -0.4 is 5.73 Å². The number of carboxylic acid groups (broad SMARTS) is 1. The standard InChI is InChI=1S/C14H16N2O2/c15-12(14(17)18)7-1-4-10-5-2-8-13-11(10)6-3-9-16-13/h2-3,5-6,8-9,12H,1,4,7,15H2,(H,17,18). The lowest BCUT2D eigenvalue weighted by Crippen LogP contribution is -2.29. The lowest BCUT2D eigenvalue weighted by atomic mass is 10.0. The second-order valence-corrected chi connectivity index (χ2v) is 4.32. The lowest BCUT2D eigenvalue weighted by Gasteiger charge is -2.08. The first-order valence-electron chi connectivity index (χ1n) is 5.99. The van der Waals surface area contributed by atoms with E-state index in [0.717, 1.165) is 23.7 Å². The molecule has 4 heteroatoms. The first-order valence-corrected chi connectivity index (χ1v) is 5.99. The Balaban J connectivity index is 2.06. The molecule has 0 saturated carbocycles. The zero-order chi connectivity index (χ0) is 13.0. The number of hydrogen-bond acceptors (Lipinski definition) is 3. The third-order valence-electron chi connectivity index (χ3n) is 3.01. The van der Waals surface area contributed by atoms with E-state index in [1.54, 1.807) is 6.20 Å². The van der Waals surface area contributed by atoms with Crippen molar-refractivity contribution in [3.63, 3.8) is 0 Å². The zero-order valence-corrected chi connectivity index (χ0v) is 10.0. The Labute approximate surface area is 105 Å². The maximum atomic E-state index is 10.6. The first-order chi connectivity index (χ1) is 8.68. The van der Waals surface area contributed by atoms with Crippen LogP contribution in [0.1, 0.15) is 18.4 Å². The number of fused-ring (bicyclic) bond motifs is 1. The maximum absolute atomic E-state index is 10.6. The monoisotopic (exact) mass is 244 g/mol. The highest BCUT2D eigenvalue weighted by Crippen LogP contribution is 2.18. The van der Waals surface area contributed by atoms with E-state index in [9.17, 15) is 4.79 Å². The molecule has 1 unspecified atom stereocenters. The van der Waals surface area contributed by atoms with Crippen LogP contribution >= 0.6 is 0 Å². The smallest absolute Gasteiger partial charge is 0.320 e. The van der Waals surface area contributed by atoms with Crippen LogP contribution in [0, 0.1) is 0 Å². The quantitative estimate of drug-likeness (QED) is 0.843. The van der Waals surface area contributed by atoms with Gasteiger partial charge in [-0.05, 0) is 37.0 Å². The summed E-state index contributed by atoms with van der Waals surface area (Å²) < 4.78 is 0. The fourth-order valence-corrected chi connectivity index (χ4v) is 2.02. The summed E-state index contributed by atoms with van der Waals surface area (Å²) in [6.07, 6.45) is 3.85. The van der Waals surface area contributed by atoms with Crippen molar-refractivity contribution in [2.24, 2.45) is 5.73 Å². The van der Waals surface area contributed by atoms with Gasteiger partial charge in [-0.2, -0.15) is 0 Å². The minimum atomic E-state index is -0.936. The minimum absolute atomic E-state index is 0.492. The molecule has 0 aliphatic rings. The minimum Gasteiger partial charge on any atom is -0.480 e. The number of nitrogens with zero attached hydrogens (tertiary/aromatic N) is 1. The predicted molar refractivity (Wildman–Crippen MR) is 70.3 cm³/mol. The van der Waals surface area contributed by atoms with Gasteiger partial charge in [0.2, 0.25) is 0 Å². The van der Waals surface area contributed by atoms with E-state index in [0.29, 0.717) is 6.42 Å². The highest BCUT2D eigenvalue weighted by Gasteiger charge is 2.10. The Morgan fingerprint density at radius 1 is 1.33 bits per heavy atom. The Bertz CT molecular complexity index is 549. The summed E-state index contributed by atoms with van der Waals surface area (Å²) in [5.74, 6) is -0.936. The van der Waals surface area contributed by atoms with E-state index >= 15 is 0 Å². The summed E-state index contributed by atoms with van der Waals surface area (Å²) in [6.45, 7) is 0. The van der Waals surface area contributed by atoms with Crippen LogP contribution in [0.3, 0.4) is 0 Å². The number of aryl methyl sites for hydroxylation is 1. The number of aliphatic carboxylic acids is 1. The van der Waals surface area contributed by atoms with Gasteiger partial charge < -0.3 is 10.8 Å². The molecule has 2 aromatic rings. The lowest BCUT2D eigenvalue weighted by molar-refractivity contribution is -0.138. The summed E-state index contributed by atoms with van der Waals surface area (Å²) in [6, 6.07) is 9.18. The van der Waals surface area contributed by atoms with Crippen molar-refractivity contribution < 1.29 is 9.90 Å². The predicted octanol–water partition coefficient (Wildman–Crippen LogP) is 1.97. The fourth-order valence-electron chi connectivity index (χ4n) is 2.02. The first kappa shape index (κ1) is 12.5. The molecule has 0 radical (unpaired) electrons. The van der Waals surface area contributed by atoms with Gasteiger partial charge in [0.25, 0.3) is 0 Å². The molecule has 0 spiro atoms. The molecule has 1 aromatic heterocycles. The van der Waals surface area contributed by atoms with E-state index in [4.69, 9.17) is 10.8 Å². The molecule has 18 heavy (non-hydrogen) atoms. The van der Waals surface area contributed by atoms with Crippen LogP contribution in [0.4, 0.5) is 0 Å². The number of hydrogen-bond donors (Lipinski definition) is 2. The average Bonchev–Trinajstić information content (AvgIpc) is 2.38. The normalized spacial score (nSPS) is 12.5. The van der Waals surface area contributed by atoms with Gasteiger partial charge in [0, 0.05) is 11.6 Å². The fraction of sp³-hybridized carbons (Fsp3) is 0.286. The van der Waals surface area contributed by atoms with Gasteiger partial charge in [0.1, 0.15) is 6.04 Å². The molecule has 1 atom stereocenters. The van der Waals surface area contributed by atoms with Gasteiger partial charge in [-0.15, -0.1) is 0 Å². The Kier molecular flexibility index (Phi) is 3.89. The summed E-state index contributed by atoms with van der Waals surface area (Å²) >= 11 is 0. The average molecular weight is 244 g/mol. The van der Waals surface area contributed by atoms with Gasteiger partial charge in [0.15, 0.2) is 0 Å². The molecular formula is C14H16N2O2. The van der Waals surface area contributed by atoms with E-state index in [1.165, 1.54) is 5.56 Å². The van der Waals surface area contributed by atoms with Crippen molar-refractivity contribution in [3.8, 4) is 0 Å². The zero-order valence-electron chi connectivity index (χ0n) is 10.0. The van der Waals surface area contributed by atoms with E-state index in [2.05, 4.69) is 11.1 Å². The molecule has 2 rings (SSSR count). The van der Waals surface area contributed by atoms with Crippen LogP contribution in [-0.4, -0.2) is 22.1 Å². The van der Waals surface area contributed by atoms with Gasteiger partial charge >= 0.3 is 5.97 Å². The van der Waals surface area contributed by atoms with E-state index in [1.807, 2.05) is 24.3 Å². The van der Waals surface area contributed by atoms with E-state index < -0.39 is 12.0 Å². The molecule has 1 heterocycles. The molecule has 4 nitrogen and oxygen atoms in total. The Morgan fingerprint density at radius 2 is 2.17 bits per heavy atom. The number of nitrogens with two attached hydrogens (primary N) is 1. The number of rotatable bonds is 5. The van der Waals surface area contributed by atoms with Crippen molar-refractivity contribution in [1.29, 1.82) is 0 Å². The van der Waals surface area contributed by atoms with Crippen LogP contribution in [0.5, 0.6) is 0 Å². The summed E-state index contributed by atoms with van der Waals surface area (Å²) in [5.41, 5.74) is 7.64. The second-order valence-electron chi connectivity index (χ2n) is 4.32. The molecule has 1 aromatic carbocycles. The Hall–Kier alpha value is -1.94. The van der Waals surface area contributed by atoms with Crippen LogP contribution in [0.15, 0.2) is 36.5 Å². The van der Waals surface area contributed by atoms with Crippen molar-refractivity contribution in [3.05, 3.63) is 42.1 Å². The topological polar surface area (TPSA) is 76.2 Å². The maximum Gasteiger partial charge on any atom is 0.320 e. The third-order valence-corrected chi connectivity index (χ3v) is 3.01. The number of pyridine rings is 1. The molecule has 0 fully saturated rings. The molecule has 94 valence electrons. The summed E-state index contributed by atoms with van der Waals surface area (Å²) in [5, 5.41) is 9.84. The molecule has 0 aliphatic carbocycles. The third kappa shape index (κ3) is 2.84. The van der Waals surface area contributed by atoms with Crippen LogP contribution in [0.25, 0.3) is 10.9 Å². The largest absolute Gasteiger partial charge is 0.480 e. The second kappa shape index (κ2) is 5.60. The molecule has 0 aliphatic heterocycles. The summed E-state index contributed by atoms with van der Waals surface area (Å²) in [7, 11) is 0. The van der Waals surface area contributed by atoms with Crippen molar-refractivity contribution >= 4 is 16.9 Å². The van der Waals surface area contributed by atoms with Crippen molar-refractivity contribution in [2.75, 3.05) is 0 Å². The molecule has 0 amide bonds. The van der Waals surface area contributed by atoms with Gasteiger partial charge in [0.05, 0.1) is 5.52 Å². The number of carbonyl (C=O) groups is 1. The molecule has 3 N–H and O–H groups in total. The highest BCUT2D eigenvalue weighted by atomic mass is 16.4. The Morgan fingerprint density at radius 3 is 2.94 bits per heavy atom. The van der Waals surface area contributed by atoms with Crippen LogP contribution in [0.2, 0.25) is 0 Å². The molecular weight excluding hydrogens is 228 g/mol. The number of benzene rings is 1. The van der Waals surface area contributed by atoms with Crippen molar-refractivity contribution in [2.45, 2.75) is 25.3 Å². The van der Waals surface area contributed by atoms with Crippen LogP contribution in [-0.2, 0) is 11.2 Å². The highest BCUT2D eigenvalue weighted by molar-refractivity contribution is 5.81. The van der Waals surface area contributed by atoms with Crippen molar-refractivity contribution in [1.82, 2.24) is 4.98 Å². The number of aromatic nitrogens is 1. The van der Waals surface area contributed by atoms with E-state index in [-0.39, 0.29) is 0 Å². The summed E-state index contributed by atoms with van der Waals surface area (Å²) in [4.78, 5) is 14.9. The molecule has 0 saturated heterocycles. The van der Waals surface area contributed by atoms with Gasteiger partial charge in [-0.3, -0.25) is 9.78 Å². The number of carboxylic acids is 1. The van der Waals surface area contributed by atoms with Gasteiger partial charge in [-0.25, -0.2) is 0 Å².